The number of carbonyl (C=O) groups excluding carboxylic acids is 3. The van der Waals surface area contributed by atoms with Gasteiger partial charge in [0.2, 0.25) is 3.79 Å². The number of alkyl halides is 3. The molecular weight excluding hydrogens is 467 g/mol. The van der Waals surface area contributed by atoms with E-state index in [1.165, 1.54) is 11.8 Å². The molecule has 2 aliphatic rings. The Morgan fingerprint density at radius 3 is 2.59 bits per heavy atom. The molecule has 1 unspecified atom stereocenters. The largest absolute Gasteiger partial charge is 0.509 e. The number of benzene rings is 1. The summed E-state index contributed by atoms with van der Waals surface area (Å²) < 4.78 is 8.13. The average Bonchev–Trinajstić information content (AvgIpc) is 2.68. The molecule has 8 nitrogen and oxygen atoms in total. The van der Waals surface area contributed by atoms with Crippen molar-refractivity contribution in [3.8, 4) is 0 Å². The van der Waals surface area contributed by atoms with Gasteiger partial charge in [-0.15, -0.1) is 11.8 Å². The number of aliphatic hydroxyl groups is 1. The Morgan fingerprint density at radius 2 is 1.93 bits per heavy atom. The summed E-state index contributed by atoms with van der Waals surface area (Å²) in [4.78, 5) is 37.8. The van der Waals surface area contributed by atoms with Gasteiger partial charge in [0.05, 0.1) is 5.75 Å². The second kappa shape index (κ2) is 8.91. The lowest BCUT2D eigenvalue weighted by Crippen LogP contribution is -2.70. The van der Waals surface area contributed by atoms with Crippen LogP contribution in [0.5, 0.6) is 0 Å². The van der Waals surface area contributed by atoms with Gasteiger partial charge < -0.3 is 19.9 Å². The lowest BCUT2D eigenvalue weighted by Gasteiger charge is -2.48. The van der Waals surface area contributed by atoms with Crippen molar-refractivity contribution < 1.29 is 29.0 Å². The van der Waals surface area contributed by atoms with Gasteiger partial charge >= 0.3 is 12.1 Å². The minimum absolute atomic E-state index is 0.0455. The van der Waals surface area contributed by atoms with E-state index in [1.807, 2.05) is 18.2 Å². The van der Waals surface area contributed by atoms with Crippen LogP contribution in [0.1, 0.15) is 5.56 Å². The monoisotopic (exact) mass is 480 g/mol. The zero-order chi connectivity index (χ0) is 21.2. The van der Waals surface area contributed by atoms with Crippen molar-refractivity contribution in [3.63, 3.8) is 0 Å². The molecule has 1 fully saturated rings. The van der Waals surface area contributed by atoms with E-state index in [2.05, 4.69) is 5.32 Å². The summed E-state index contributed by atoms with van der Waals surface area (Å²) in [7, 11) is 0. The summed E-state index contributed by atoms with van der Waals surface area (Å²) in [5.41, 5.74) is 0.465. The van der Waals surface area contributed by atoms with E-state index in [1.54, 1.807) is 12.1 Å². The number of nitrogens with one attached hydrogen (secondary N) is 1. The van der Waals surface area contributed by atoms with E-state index in [4.69, 9.17) is 44.3 Å². The number of hydrogen-bond acceptors (Lipinski definition) is 7. The number of fused-ring (bicyclic) bond motifs is 1. The molecule has 12 heteroatoms. The number of halogens is 3. The molecular formula is C17H15Cl3N2O6S. The minimum atomic E-state index is -1.83. The van der Waals surface area contributed by atoms with Crippen LogP contribution < -0.4 is 5.32 Å². The lowest BCUT2D eigenvalue weighted by molar-refractivity contribution is -0.152. The number of thioether (sulfide) groups is 1. The summed E-state index contributed by atoms with van der Waals surface area (Å²) in [6, 6.07) is 8.14. The zero-order valence-corrected chi connectivity index (χ0v) is 17.7. The summed E-state index contributed by atoms with van der Waals surface area (Å²) in [5, 5.41) is 11.9. The van der Waals surface area contributed by atoms with Crippen LogP contribution in [0.3, 0.4) is 0 Å². The maximum absolute atomic E-state index is 12.5. The lowest BCUT2D eigenvalue weighted by atomic mass is 10.1. The van der Waals surface area contributed by atoms with Gasteiger partial charge in [0.25, 0.3) is 5.91 Å². The smallest absolute Gasteiger partial charge is 0.408 e. The first-order valence-corrected chi connectivity index (χ1v) is 10.4. The third-order valence-corrected chi connectivity index (χ3v) is 5.59. The van der Waals surface area contributed by atoms with Crippen LogP contribution in [0, 0.1) is 0 Å². The summed E-state index contributed by atoms with van der Waals surface area (Å²) in [5.74, 6) is -1.88. The predicted molar refractivity (Wildman–Crippen MR) is 108 cm³/mol. The Kier molecular flexibility index (Phi) is 6.72. The molecule has 0 radical (unpaired) electrons. The zero-order valence-electron chi connectivity index (χ0n) is 14.6. The molecule has 1 saturated heterocycles. The van der Waals surface area contributed by atoms with Crippen molar-refractivity contribution >= 4 is 64.5 Å². The molecule has 2 heterocycles. The Morgan fingerprint density at radius 1 is 1.24 bits per heavy atom. The highest BCUT2D eigenvalue weighted by molar-refractivity contribution is 8.00. The number of amides is 2. The van der Waals surface area contributed by atoms with Gasteiger partial charge in [0.15, 0.2) is 5.70 Å². The van der Waals surface area contributed by atoms with Gasteiger partial charge in [-0.05, 0) is 5.56 Å². The molecule has 0 bridgehead atoms. The first-order valence-electron chi connectivity index (χ1n) is 8.25. The molecule has 156 valence electrons. The normalized spacial score (nSPS) is 21.2. The number of carbonyl (C=O) groups is 3. The van der Waals surface area contributed by atoms with E-state index in [0.29, 0.717) is 0 Å². The Hall–Kier alpha value is -1.81. The third-order valence-electron chi connectivity index (χ3n) is 3.99. The Labute approximate surface area is 185 Å². The maximum Gasteiger partial charge on any atom is 0.408 e. The number of hydrogen-bond donors (Lipinski definition) is 2. The van der Waals surface area contributed by atoms with E-state index in [-0.39, 0.29) is 23.8 Å². The molecule has 0 saturated carbocycles. The number of alkyl carbamates (subject to hydrolysis) is 1. The number of esters is 1. The minimum Gasteiger partial charge on any atom is -0.509 e. The van der Waals surface area contributed by atoms with Gasteiger partial charge in [-0.2, -0.15) is 0 Å². The first kappa shape index (κ1) is 21.9. The average molecular weight is 482 g/mol. The molecule has 2 atom stereocenters. The predicted octanol–water partition coefficient (Wildman–Crippen LogP) is 2.88. The van der Waals surface area contributed by atoms with Crippen LogP contribution in [0.15, 0.2) is 41.8 Å². The van der Waals surface area contributed by atoms with Gasteiger partial charge in [0, 0.05) is 0 Å². The quantitative estimate of drug-likeness (QED) is 0.378. The number of aliphatic hydroxyl groups excluding tert-OH is 1. The fourth-order valence-electron chi connectivity index (χ4n) is 2.70. The van der Waals surface area contributed by atoms with Gasteiger partial charge in [-0.3, -0.25) is 9.69 Å². The molecule has 29 heavy (non-hydrogen) atoms. The number of ether oxygens (including phenoxy) is 2. The van der Waals surface area contributed by atoms with Crippen LogP contribution in [0.2, 0.25) is 0 Å². The standard InChI is InChI=1S/C17H15Cl3N2O6S/c18-17(19,20)8-28-15(25)12-10(23)7-29-14-11(13(24)22(12)14)21-16(26)27-6-9-4-2-1-3-5-9/h1-5,11,14,23H,6-8H2,(H,21,26)/t11?,14-/m0/s1. The number of β-lactam (4-membered cyclic amide) rings is 1. The summed E-state index contributed by atoms with van der Waals surface area (Å²) in [6.45, 7) is -0.509. The molecule has 2 amide bonds. The molecule has 0 spiro atoms. The highest BCUT2D eigenvalue weighted by Gasteiger charge is 2.55. The van der Waals surface area contributed by atoms with E-state index in [9.17, 15) is 19.5 Å². The second-order valence-corrected chi connectivity index (χ2v) is 9.70. The van der Waals surface area contributed by atoms with Crippen molar-refractivity contribution in [2.24, 2.45) is 0 Å². The Balaban J connectivity index is 1.59. The first-order chi connectivity index (χ1) is 13.7. The van der Waals surface area contributed by atoms with Crippen molar-refractivity contribution in [2.45, 2.75) is 21.8 Å². The molecule has 2 N–H and O–H groups in total. The SMILES string of the molecule is O=C(NC1C(=O)N2C(C(=O)OCC(Cl)(Cl)Cl)=C(O)CS[C@@H]12)OCc1ccccc1. The molecule has 1 aromatic carbocycles. The van der Waals surface area contributed by atoms with Crippen LogP contribution in [-0.4, -0.2) is 55.5 Å². The van der Waals surface area contributed by atoms with Crippen LogP contribution in [-0.2, 0) is 25.7 Å². The van der Waals surface area contributed by atoms with Crippen molar-refractivity contribution in [1.29, 1.82) is 0 Å². The van der Waals surface area contributed by atoms with Crippen LogP contribution in [0.25, 0.3) is 0 Å². The highest BCUT2D eigenvalue weighted by Crippen LogP contribution is 2.40. The molecule has 2 aliphatic heterocycles. The van der Waals surface area contributed by atoms with Crippen molar-refractivity contribution in [3.05, 3.63) is 47.4 Å². The molecule has 1 aromatic rings. The van der Waals surface area contributed by atoms with Crippen molar-refractivity contribution in [2.75, 3.05) is 12.4 Å². The van der Waals surface area contributed by atoms with Crippen molar-refractivity contribution in [1.82, 2.24) is 10.2 Å². The highest BCUT2D eigenvalue weighted by atomic mass is 35.6. The van der Waals surface area contributed by atoms with Gasteiger partial charge in [-0.25, -0.2) is 9.59 Å². The number of nitrogens with zero attached hydrogens (tertiary/aromatic N) is 1. The summed E-state index contributed by atoms with van der Waals surface area (Å²) in [6.07, 6.45) is -0.772. The van der Waals surface area contributed by atoms with E-state index in [0.717, 1.165) is 10.5 Å². The van der Waals surface area contributed by atoms with Crippen LogP contribution in [0.4, 0.5) is 4.79 Å². The van der Waals surface area contributed by atoms with Crippen LogP contribution >= 0.6 is 46.6 Å². The fourth-order valence-corrected chi connectivity index (χ4v) is 4.07. The molecule has 3 rings (SSSR count). The maximum atomic E-state index is 12.5. The van der Waals surface area contributed by atoms with Gasteiger partial charge in [0.1, 0.15) is 30.4 Å². The third kappa shape index (κ3) is 5.22. The van der Waals surface area contributed by atoms with E-state index >= 15 is 0 Å². The Bertz CT molecular complexity index is 845. The molecule has 0 aromatic heterocycles. The van der Waals surface area contributed by atoms with E-state index < -0.39 is 39.8 Å². The fraction of sp³-hybridized carbons (Fsp3) is 0.353. The molecule has 0 aliphatic carbocycles. The number of rotatable bonds is 5. The second-order valence-electron chi connectivity index (χ2n) is 6.08. The van der Waals surface area contributed by atoms with Gasteiger partial charge in [-0.1, -0.05) is 65.1 Å². The topological polar surface area (TPSA) is 105 Å². The summed E-state index contributed by atoms with van der Waals surface area (Å²) >= 11 is 17.8.